The number of fused-ring (bicyclic) bond motifs is 1. The zero-order valence-corrected chi connectivity index (χ0v) is 6.43. The van der Waals surface area contributed by atoms with Crippen molar-refractivity contribution in [1.29, 1.82) is 0 Å². The standard InChI is InChI=1S/C8H4N2S/c1-9-7-4-6-2-3-11-8(6)10-5-7/h2-5H. The first kappa shape index (κ1) is 6.32. The summed E-state index contributed by atoms with van der Waals surface area (Å²) >= 11 is 1.59. The quantitative estimate of drug-likeness (QED) is 0.541. The third kappa shape index (κ3) is 0.975. The number of hydrogen-bond acceptors (Lipinski definition) is 2. The molecular weight excluding hydrogens is 156 g/mol. The van der Waals surface area contributed by atoms with Crippen LogP contribution >= 0.6 is 11.3 Å². The Morgan fingerprint density at radius 1 is 1.55 bits per heavy atom. The lowest BCUT2D eigenvalue weighted by Crippen LogP contribution is -1.68. The van der Waals surface area contributed by atoms with E-state index in [4.69, 9.17) is 6.57 Å². The topological polar surface area (TPSA) is 17.2 Å². The number of pyridine rings is 1. The summed E-state index contributed by atoms with van der Waals surface area (Å²) in [6, 6.07) is 3.83. The summed E-state index contributed by atoms with van der Waals surface area (Å²) in [7, 11) is 0. The molecule has 2 aromatic heterocycles. The summed E-state index contributed by atoms with van der Waals surface area (Å²) in [5.41, 5.74) is 0.607. The second kappa shape index (κ2) is 2.33. The lowest BCUT2D eigenvalue weighted by atomic mass is 10.3. The van der Waals surface area contributed by atoms with Crippen LogP contribution in [0.4, 0.5) is 5.69 Å². The third-order valence-electron chi connectivity index (χ3n) is 1.42. The SMILES string of the molecule is [C-]#[N+]c1cnc2sccc2c1. The Balaban J connectivity index is 2.79. The Bertz CT molecular complexity index is 425. The van der Waals surface area contributed by atoms with Crippen molar-refractivity contribution >= 4 is 27.2 Å². The van der Waals surface area contributed by atoms with Crippen LogP contribution in [-0.4, -0.2) is 4.98 Å². The van der Waals surface area contributed by atoms with Gasteiger partial charge in [0, 0.05) is 11.6 Å². The van der Waals surface area contributed by atoms with Crippen molar-refractivity contribution in [3.8, 4) is 0 Å². The largest absolute Gasteiger partial charge is 0.257 e. The maximum atomic E-state index is 6.76. The summed E-state index contributed by atoms with van der Waals surface area (Å²) in [6.45, 7) is 6.76. The van der Waals surface area contributed by atoms with Gasteiger partial charge in [-0.05, 0) is 17.5 Å². The minimum Gasteiger partial charge on any atom is -0.257 e. The lowest BCUT2D eigenvalue weighted by Gasteiger charge is -1.87. The zero-order chi connectivity index (χ0) is 7.68. The fourth-order valence-electron chi connectivity index (χ4n) is 0.908. The molecule has 52 valence electrons. The van der Waals surface area contributed by atoms with Gasteiger partial charge in [0.25, 0.3) is 0 Å². The molecule has 0 spiro atoms. The number of nitrogens with zero attached hydrogens (tertiary/aromatic N) is 2. The van der Waals surface area contributed by atoms with E-state index in [0.717, 1.165) is 10.2 Å². The van der Waals surface area contributed by atoms with Crippen molar-refractivity contribution in [2.45, 2.75) is 0 Å². The second-order valence-electron chi connectivity index (χ2n) is 2.12. The van der Waals surface area contributed by atoms with Crippen molar-refractivity contribution < 1.29 is 0 Å². The van der Waals surface area contributed by atoms with Crippen LogP contribution in [0.15, 0.2) is 23.7 Å². The van der Waals surface area contributed by atoms with Crippen LogP contribution in [0.2, 0.25) is 0 Å². The Morgan fingerprint density at radius 2 is 2.45 bits per heavy atom. The van der Waals surface area contributed by atoms with Crippen molar-refractivity contribution in [3.63, 3.8) is 0 Å². The molecule has 0 fully saturated rings. The van der Waals surface area contributed by atoms with Gasteiger partial charge in [-0.3, -0.25) is 4.98 Å². The van der Waals surface area contributed by atoms with E-state index in [0.29, 0.717) is 5.69 Å². The summed E-state index contributed by atoms with van der Waals surface area (Å²) < 4.78 is 0. The minimum atomic E-state index is 0.607. The molecule has 2 nitrogen and oxygen atoms in total. The van der Waals surface area contributed by atoms with Gasteiger partial charge in [-0.2, -0.15) is 0 Å². The average molecular weight is 160 g/mol. The molecule has 0 aliphatic carbocycles. The molecule has 0 saturated heterocycles. The molecule has 2 heterocycles. The number of hydrogen-bond donors (Lipinski definition) is 0. The van der Waals surface area contributed by atoms with Crippen LogP contribution < -0.4 is 0 Å². The molecule has 11 heavy (non-hydrogen) atoms. The molecule has 0 amide bonds. The maximum Gasteiger partial charge on any atom is 0.205 e. The van der Waals surface area contributed by atoms with E-state index < -0.39 is 0 Å². The predicted molar refractivity (Wildman–Crippen MR) is 45.9 cm³/mol. The van der Waals surface area contributed by atoms with Gasteiger partial charge in [0.2, 0.25) is 5.69 Å². The first-order chi connectivity index (χ1) is 5.40. The van der Waals surface area contributed by atoms with E-state index in [1.807, 2.05) is 17.5 Å². The summed E-state index contributed by atoms with van der Waals surface area (Å²) in [6.07, 6.45) is 1.60. The highest BCUT2D eigenvalue weighted by atomic mass is 32.1. The Labute approximate surface area is 67.9 Å². The zero-order valence-electron chi connectivity index (χ0n) is 5.61. The Kier molecular flexibility index (Phi) is 1.34. The molecule has 3 heteroatoms. The van der Waals surface area contributed by atoms with Crippen LogP contribution in [0.3, 0.4) is 0 Å². The van der Waals surface area contributed by atoms with E-state index in [9.17, 15) is 0 Å². The highest BCUT2D eigenvalue weighted by Crippen LogP contribution is 2.22. The van der Waals surface area contributed by atoms with Crippen LogP contribution in [0.1, 0.15) is 0 Å². The van der Waals surface area contributed by atoms with Gasteiger partial charge in [0.1, 0.15) is 4.83 Å². The predicted octanol–water partition coefficient (Wildman–Crippen LogP) is 2.85. The molecule has 0 saturated carbocycles. The number of rotatable bonds is 0. The monoisotopic (exact) mass is 160 g/mol. The van der Waals surface area contributed by atoms with Gasteiger partial charge >= 0.3 is 0 Å². The first-order valence-electron chi connectivity index (χ1n) is 3.11. The lowest BCUT2D eigenvalue weighted by molar-refractivity contribution is 1.46. The highest BCUT2D eigenvalue weighted by Gasteiger charge is 1.96. The molecule has 2 aromatic rings. The van der Waals surface area contributed by atoms with Gasteiger partial charge in [-0.15, -0.1) is 11.3 Å². The van der Waals surface area contributed by atoms with Crippen LogP contribution in [0.25, 0.3) is 15.1 Å². The van der Waals surface area contributed by atoms with E-state index in [2.05, 4.69) is 9.83 Å². The van der Waals surface area contributed by atoms with Gasteiger partial charge in [0.05, 0.1) is 6.57 Å². The highest BCUT2D eigenvalue weighted by molar-refractivity contribution is 7.16. The average Bonchev–Trinajstić information content (AvgIpc) is 2.50. The Morgan fingerprint density at radius 3 is 3.27 bits per heavy atom. The summed E-state index contributed by atoms with van der Waals surface area (Å²) in [5, 5.41) is 3.04. The fraction of sp³-hybridized carbons (Fsp3) is 0. The van der Waals surface area contributed by atoms with Crippen molar-refractivity contribution in [2.24, 2.45) is 0 Å². The smallest absolute Gasteiger partial charge is 0.205 e. The van der Waals surface area contributed by atoms with Crippen LogP contribution in [0, 0.1) is 6.57 Å². The molecule has 0 unspecified atom stereocenters. The molecule has 0 aliphatic heterocycles. The summed E-state index contributed by atoms with van der Waals surface area (Å²) in [5.74, 6) is 0. The van der Waals surface area contributed by atoms with E-state index in [1.54, 1.807) is 17.5 Å². The van der Waals surface area contributed by atoms with Gasteiger partial charge in [-0.1, -0.05) is 0 Å². The maximum absolute atomic E-state index is 6.76. The molecule has 0 radical (unpaired) electrons. The van der Waals surface area contributed by atoms with Crippen LogP contribution in [-0.2, 0) is 0 Å². The molecule has 0 atom stereocenters. The number of aromatic nitrogens is 1. The van der Waals surface area contributed by atoms with Crippen LogP contribution in [0.5, 0.6) is 0 Å². The molecule has 2 rings (SSSR count). The van der Waals surface area contributed by atoms with Crippen molar-refractivity contribution in [1.82, 2.24) is 4.98 Å². The molecule has 0 aliphatic rings. The number of thiophene rings is 1. The van der Waals surface area contributed by atoms with Crippen molar-refractivity contribution in [2.75, 3.05) is 0 Å². The van der Waals surface area contributed by atoms with E-state index in [1.165, 1.54) is 0 Å². The minimum absolute atomic E-state index is 0.607. The normalized spacial score (nSPS) is 9.73. The summed E-state index contributed by atoms with van der Waals surface area (Å²) in [4.78, 5) is 8.41. The van der Waals surface area contributed by atoms with Gasteiger partial charge < -0.3 is 0 Å². The second-order valence-corrected chi connectivity index (χ2v) is 3.01. The van der Waals surface area contributed by atoms with E-state index in [-0.39, 0.29) is 0 Å². The first-order valence-corrected chi connectivity index (χ1v) is 3.99. The third-order valence-corrected chi connectivity index (χ3v) is 2.26. The molecular formula is C8H4N2S. The van der Waals surface area contributed by atoms with Crippen molar-refractivity contribution in [3.05, 3.63) is 35.1 Å². The van der Waals surface area contributed by atoms with Gasteiger partial charge in [0.15, 0.2) is 0 Å². The fourth-order valence-corrected chi connectivity index (χ4v) is 1.63. The molecule has 0 bridgehead atoms. The Hall–Kier alpha value is -1.40. The van der Waals surface area contributed by atoms with E-state index >= 15 is 0 Å². The van der Waals surface area contributed by atoms with Gasteiger partial charge in [-0.25, -0.2) is 4.85 Å². The molecule has 0 N–H and O–H groups in total. The molecule has 0 aromatic carbocycles.